The summed E-state index contributed by atoms with van der Waals surface area (Å²) in [5, 5.41) is 44.1. The predicted molar refractivity (Wildman–Crippen MR) is 139 cm³/mol. The molecule has 0 aliphatic rings. The maximum absolute atomic E-state index is 12.8. The van der Waals surface area contributed by atoms with Gasteiger partial charge in [0.15, 0.2) is 11.6 Å². The quantitative estimate of drug-likeness (QED) is 0.155. The first-order chi connectivity index (χ1) is 18.3. The zero-order valence-electron chi connectivity index (χ0n) is 19.9. The van der Waals surface area contributed by atoms with Crippen molar-refractivity contribution in [2.45, 2.75) is 0 Å². The zero-order chi connectivity index (χ0) is 27.7. The van der Waals surface area contributed by atoms with Gasteiger partial charge in [-0.05, 0) is 24.3 Å². The monoisotopic (exact) mass is 516 g/mol. The molecule has 0 spiro atoms. The van der Waals surface area contributed by atoms with Crippen LogP contribution in [-0.2, 0) is 9.59 Å². The van der Waals surface area contributed by atoms with Crippen molar-refractivity contribution in [1.82, 2.24) is 0 Å². The topological polar surface area (TPSA) is 173 Å². The van der Waals surface area contributed by atoms with Gasteiger partial charge in [0.05, 0.1) is 24.4 Å². The lowest BCUT2D eigenvalue weighted by atomic mass is 10.0. The minimum atomic E-state index is -1.47. The number of benzene rings is 3. The van der Waals surface area contributed by atoms with Gasteiger partial charge in [0, 0.05) is 22.5 Å². The summed E-state index contributed by atoms with van der Waals surface area (Å²) in [4.78, 5) is 49.3. The number of carbonyl (C=O) groups excluding carboxylic acids is 2. The Labute approximate surface area is 217 Å². The fourth-order valence-corrected chi connectivity index (χ4v) is 3.50. The Morgan fingerprint density at radius 2 is 0.842 bits per heavy atom. The lowest BCUT2D eigenvalue weighted by Crippen LogP contribution is -2.21. The molecule has 0 aromatic heterocycles. The lowest BCUT2D eigenvalue weighted by molar-refractivity contribution is -0.133. The fraction of sp³-hybridized carbons (Fsp3) is 0.0714. The Morgan fingerprint density at radius 1 is 0.526 bits per heavy atom. The molecular weight excluding hydrogens is 492 g/mol. The molecule has 3 rings (SSSR count). The maximum atomic E-state index is 12.8. The van der Waals surface area contributed by atoms with Crippen LogP contribution >= 0.6 is 0 Å². The summed E-state index contributed by atoms with van der Waals surface area (Å²) >= 11 is 0. The second-order valence-electron chi connectivity index (χ2n) is 7.85. The molecule has 0 atom stereocenters. The molecule has 0 aliphatic carbocycles. The molecule has 0 unspecified atom stereocenters. The number of carboxylic acid groups (broad SMARTS) is 2. The minimum Gasteiger partial charge on any atom is -0.477 e. The molecule has 0 heterocycles. The predicted octanol–water partition coefficient (Wildman–Crippen LogP) is 2.94. The molecule has 0 amide bonds. The number of Topliss-reactive ketones (excluding diaryl/α,β-unsaturated/α-hetero) is 2. The SMILES string of the molecule is O=C(O)/C(Nc1ccc(N/C(C(=O)O)=C(/CO)C(=O)c2ccccc2)cc1)=C(\CO)C(=O)c1ccccc1. The van der Waals surface area contributed by atoms with Crippen molar-refractivity contribution in [3.05, 3.63) is 119 Å². The van der Waals surface area contributed by atoms with Crippen LogP contribution in [0.5, 0.6) is 0 Å². The van der Waals surface area contributed by atoms with Gasteiger partial charge in [-0.1, -0.05) is 60.7 Å². The summed E-state index contributed by atoms with van der Waals surface area (Å²) in [6.07, 6.45) is 0. The smallest absolute Gasteiger partial charge is 0.352 e. The third-order valence-electron chi connectivity index (χ3n) is 5.39. The molecule has 0 radical (unpaired) electrons. The molecule has 3 aromatic rings. The molecule has 3 aromatic carbocycles. The van der Waals surface area contributed by atoms with E-state index in [1.54, 1.807) is 36.4 Å². The van der Waals surface area contributed by atoms with E-state index in [4.69, 9.17) is 0 Å². The van der Waals surface area contributed by atoms with Gasteiger partial charge < -0.3 is 31.1 Å². The van der Waals surface area contributed by atoms with Gasteiger partial charge >= 0.3 is 11.9 Å². The van der Waals surface area contributed by atoms with Crippen molar-refractivity contribution >= 4 is 34.9 Å². The first-order valence-electron chi connectivity index (χ1n) is 11.2. The number of carbonyl (C=O) groups is 4. The normalized spacial score (nSPS) is 12.1. The Morgan fingerprint density at radius 3 is 1.11 bits per heavy atom. The van der Waals surface area contributed by atoms with Crippen molar-refractivity contribution in [3.63, 3.8) is 0 Å². The third kappa shape index (κ3) is 6.58. The number of aliphatic hydroxyl groups excluding tert-OH is 2. The highest BCUT2D eigenvalue weighted by atomic mass is 16.4. The van der Waals surface area contributed by atoms with Crippen LogP contribution in [0.2, 0.25) is 0 Å². The Bertz CT molecular complexity index is 1290. The summed E-state index contributed by atoms with van der Waals surface area (Å²) in [5.74, 6) is -4.26. The minimum absolute atomic E-state index is 0.203. The lowest BCUT2D eigenvalue weighted by Gasteiger charge is -2.14. The van der Waals surface area contributed by atoms with Crippen molar-refractivity contribution in [1.29, 1.82) is 0 Å². The van der Waals surface area contributed by atoms with E-state index in [1.807, 2.05) is 0 Å². The van der Waals surface area contributed by atoms with Gasteiger partial charge in [-0.2, -0.15) is 0 Å². The first-order valence-corrected chi connectivity index (χ1v) is 11.2. The van der Waals surface area contributed by atoms with Crippen LogP contribution in [0.15, 0.2) is 107 Å². The van der Waals surface area contributed by atoms with Gasteiger partial charge in [0.2, 0.25) is 0 Å². The standard InChI is InChI=1S/C28H24N2O8/c31-15-21(25(33)17-7-3-1-4-8-17)23(27(35)36)29-19-11-13-20(14-12-19)30-24(28(37)38)22(16-32)26(34)18-9-5-2-6-10-18/h1-14,29-32H,15-16H2,(H,35,36)(H,37,38)/b23-21-,24-22-. The molecule has 10 heteroatoms. The summed E-state index contributed by atoms with van der Waals surface area (Å²) in [6, 6.07) is 21.4. The molecule has 0 saturated carbocycles. The highest BCUT2D eigenvalue weighted by molar-refractivity contribution is 6.14. The van der Waals surface area contributed by atoms with Crippen LogP contribution in [0.25, 0.3) is 0 Å². The maximum Gasteiger partial charge on any atom is 0.352 e. The molecule has 194 valence electrons. The van der Waals surface area contributed by atoms with Crippen LogP contribution in [-0.4, -0.2) is 57.1 Å². The average Bonchev–Trinajstić information content (AvgIpc) is 2.94. The third-order valence-corrected chi connectivity index (χ3v) is 5.39. The summed E-state index contributed by atoms with van der Waals surface area (Å²) in [7, 11) is 0. The number of nitrogens with one attached hydrogen (secondary N) is 2. The van der Waals surface area contributed by atoms with E-state index < -0.39 is 48.1 Å². The Hall–Kier alpha value is -5.06. The number of rotatable bonds is 12. The molecule has 10 nitrogen and oxygen atoms in total. The van der Waals surface area contributed by atoms with Crippen LogP contribution in [0, 0.1) is 0 Å². The number of hydrogen-bond donors (Lipinski definition) is 6. The van der Waals surface area contributed by atoms with E-state index in [2.05, 4.69) is 10.6 Å². The fourth-order valence-electron chi connectivity index (χ4n) is 3.50. The van der Waals surface area contributed by atoms with Crippen LogP contribution in [0.3, 0.4) is 0 Å². The van der Waals surface area contributed by atoms with E-state index in [0.717, 1.165) is 0 Å². The molecule has 6 N–H and O–H groups in total. The van der Waals surface area contributed by atoms with E-state index in [-0.39, 0.29) is 33.6 Å². The highest BCUT2D eigenvalue weighted by Gasteiger charge is 2.23. The van der Waals surface area contributed by atoms with Crippen molar-refractivity contribution in [3.8, 4) is 0 Å². The van der Waals surface area contributed by atoms with Crippen molar-refractivity contribution in [2.75, 3.05) is 23.8 Å². The second-order valence-corrected chi connectivity index (χ2v) is 7.85. The van der Waals surface area contributed by atoms with E-state index in [9.17, 15) is 39.6 Å². The summed E-state index contributed by atoms with van der Waals surface area (Å²) < 4.78 is 0. The number of ketones is 2. The molecule has 0 saturated heterocycles. The number of hydrogen-bond acceptors (Lipinski definition) is 8. The number of carboxylic acids is 2. The first kappa shape index (κ1) is 27.5. The van der Waals surface area contributed by atoms with Gasteiger partial charge in [-0.25, -0.2) is 9.59 Å². The Kier molecular flexibility index (Phi) is 9.25. The summed E-state index contributed by atoms with van der Waals surface area (Å²) in [5.41, 5.74) is -0.896. The molecule has 0 fully saturated rings. The zero-order valence-corrected chi connectivity index (χ0v) is 19.9. The van der Waals surface area contributed by atoms with E-state index in [0.29, 0.717) is 0 Å². The summed E-state index contributed by atoms with van der Waals surface area (Å²) in [6.45, 7) is -1.65. The number of aliphatic carboxylic acids is 2. The van der Waals surface area contributed by atoms with Gasteiger partial charge in [-0.3, -0.25) is 9.59 Å². The van der Waals surface area contributed by atoms with Crippen LogP contribution in [0.1, 0.15) is 20.7 Å². The van der Waals surface area contributed by atoms with Crippen molar-refractivity contribution < 1.29 is 39.6 Å². The Balaban J connectivity index is 1.89. The van der Waals surface area contributed by atoms with E-state index >= 15 is 0 Å². The van der Waals surface area contributed by atoms with Crippen LogP contribution < -0.4 is 10.6 Å². The molecule has 38 heavy (non-hydrogen) atoms. The van der Waals surface area contributed by atoms with Gasteiger partial charge in [-0.15, -0.1) is 0 Å². The van der Waals surface area contributed by atoms with Crippen molar-refractivity contribution in [2.24, 2.45) is 0 Å². The molecule has 0 aliphatic heterocycles. The van der Waals surface area contributed by atoms with Gasteiger partial charge in [0.25, 0.3) is 0 Å². The van der Waals surface area contributed by atoms with Crippen LogP contribution in [0.4, 0.5) is 11.4 Å². The average molecular weight is 517 g/mol. The highest BCUT2D eigenvalue weighted by Crippen LogP contribution is 2.21. The number of anilines is 2. The molecule has 0 bridgehead atoms. The van der Waals surface area contributed by atoms with E-state index in [1.165, 1.54) is 48.5 Å². The largest absolute Gasteiger partial charge is 0.477 e. The van der Waals surface area contributed by atoms with Gasteiger partial charge in [0.1, 0.15) is 11.4 Å². The molecular formula is C28H24N2O8. The number of aliphatic hydroxyl groups is 2. The second kappa shape index (κ2) is 12.8.